The van der Waals surface area contributed by atoms with Crippen LogP contribution in [0.4, 0.5) is 0 Å². The van der Waals surface area contributed by atoms with Crippen molar-refractivity contribution in [3.8, 4) is 5.75 Å². The van der Waals surface area contributed by atoms with Crippen molar-refractivity contribution in [1.82, 2.24) is 4.90 Å². The third-order valence-corrected chi connectivity index (χ3v) is 3.73. The Morgan fingerprint density at radius 1 is 1.32 bits per heavy atom. The normalized spacial score (nSPS) is 19.8. The predicted molar refractivity (Wildman–Crippen MR) is 74.5 cm³/mol. The lowest BCUT2D eigenvalue weighted by molar-refractivity contribution is 0.183. The van der Waals surface area contributed by atoms with Gasteiger partial charge in [0.2, 0.25) is 0 Å². The molecule has 0 fully saturated rings. The van der Waals surface area contributed by atoms with E-state index in [1.165, 1.54) is 0 Å². The molecule has 1 aromatic heterocycles. The van der Waals surface area contributed by atoms with Crippen LogP contribution in [0.5, 0.6) is 5.75 Å². The van der Waals surface area contributed by atoms with Gasteiger partial charge in [-0.05, 0) is 25.2 Å². The highest BCUT2D eigenvalue weighted by molar-refractivity contribution is 6.32. The number of ether oxygens (including phenoxy) is 1. The lowest BCUT2D eigenvalue weighted by atomic mass is 10.1. The summed E-state index contributed by atoms with van der Waals surface area (Å²) >= 11 is 6.16. The summed E-state index contributed by atoms with van der Waals surface area (Å²) in [6.45, 7) is 1.80. The highest BCUT2D eigenvalue weighted by Crippen LogP contribution is 2.34. The molecule has 2 aromatic rings. The van der Waals surface area contributed by atoms with Gasteiger partial charge in [0.15, 0.2) is 0 Å². The molecule has 3 nitrogen and oxygen atoms in total. The highest BCUT2D eigenvalue weighted by Gasteiger charge is 2.25. The van der Waals surface area contributed by atoms with E-state index < -0.39 is 0 Å². The molecule has 0 saturated heterocycles. The maximum Gasteiger partial charge on any atom is 0.138 e. The van der Waals surface area contributed by atoms with E-state index in [2.05, 4.69) is 11.9 Å². The van der Waals surface area contributed by atoms with Gasteiger partial charge < -0.3 is 9.15 Å². The SMILES string of the molecule is CN1CCC(Oc2ccccc2Cl)c2ccoc2C1. The standard InChI is InChI=1S/C15H16ClNO2/c1-17-8-6-13(11-7-9-18-15(11)10-17)19-14-5-3-2-4-12(14)16/h2-5,7,9,13H,6,8,10H2,1H3. The monoisotopic (exact) mass is 277 g/mol. The molecule has 0 N–H and O–H groups in total. The maximum atomic E-state index is 6.16. The van der Waals surface area contributed by atoms with Crippen LogP contribution in [0, 0.1) is 0 Å². The summed E-state index contributed by atoms with van der Waals surface area (Å²) in [7, 11) is 2.09. The quantitative estimate of drug-likeness (QED) is 0.833. The van der Waals surface area contributed by atoms with E-state index in [9.17, 15) is 0 Å². The van der Waals surface area contributed by atoms with E-state index in [-0.39, 0.29) is 6.10 Å². The molecule has 0 radical (unpaired) electrons. The van der Waals surface area contributed by atoms with E-state index in [0.717, 1.165) is 36.6 Å². The Morgan fingerprint density at radius 2 is 2.16 bits per heavy atom. The Kier molecular flexibility index (Phi) is 3.49. The Hall–Kier alpha value is -1.45. The van der Waals surface area contributed by atoms with Gasteiger partial charge >= 0.3 is 0 Å². The summed E-state index contributed by atoms with van der Waals surface area (Å²) < 4.78 is 11.6. The van der Waals surface area contributed by atoms with Gasteiger partial charge in [0, 0.05) is 18.5 Å². The number of para-hydroxylation sites is 1. The second-order valence-corrected chi connectivity index (χ2v) is 5.27. The Labute approximate surface area is 117 Å². The fourth-order valence-electron chi connectivity index (χ4n) is 2.40. The van der Waals surface area contributed by atoms with E-state index in [4.69, 9.17) is 20.8 Å². The second-order valence-electron chi connectivity index (χ2n) is 4.86. The van der Waals surface area contributed by atoms with Gasteiger partial charge in [0.05, 0.1) is 17.8 Å². The highest BCUT2D eigenvalue weighted by atomic mass is 35.5. The number of hydrogen-bond donors (Lipinski definition) is 0. The fourth-order valence-corrected chi connectivity index (χ4v) is 2.58. The number of hydrogen-bond acceptors (Lipinski definition) is 3. The molecule has 2 heterocycles. The average Bonchev–Trinajstić information content (AvgIpc) is 2.79. The topological polar surface area (TPSA) is 25.6 Å². The summed E-state index contributed by atoms with van der Waals surface area (Å²) in [6, 6.07) is 9.57. The van der Waals surface area contributed by atoms with Crippen LogP contribution in [0.3, 0.4) is 0 Å². The van der Waals surface area contributed by atoms with E-state index in [0.29, 0.717) is 5.02 Å². The Balaban J connectivity index is 1.88. The molecule has 0 amide bonds. The molecule has 3 rings (SSSR count). The molecule has 0 saturated carbocycles. The first kappa shape index (κ1) is 12.6. The first-order valence-electron chi connectivity index (χ1n) is 6.40. The average molecular weight is 278 g/mol. The Morgan fingerprint density at radius 3 is 3.00 bits per heavy atom. The minimum absolute atomic E-state index is 0.00130. The van der Waals surface area contributed by atoms with Crippen LogP contribution >= 0.6 is 11.6 Å². The van der Waals surface area contributed by atoms with Gasteiger partial charge in [-0.1, -0.05) is 23.7 Å². The first-order chi connectivity index (χ1) is 9.24. The lowest BCUT2D eigenvalue weighted by Gasteiger charge is -2.18. The van der Waals surface area contributed by atoms with Gasteiger partial charge in [-0.15, -0.1) is 0 Å². The molecule has 19 heavy (non-hydrogen) atoms. The second kappa shape index (κ2) is 5.27. The summed E-state index contributed by atoms with van der Waals surface area (Å²) in [4.78, 5) is 2.23. The first-order valence-corrected chi connectivity index (χ1v) is 6.78. The number of furan rings is 1. The molecule has 1 atom stereocenters. The fraction of sp³-hybridized carbons (Fsp3) is 0.333. The molecule has 1 aliphatic rings. The van der Waals surface area contributed by atoms with Crippen LogP contribution in [-0.4, -0.2) is 18.5 Å². The molecule has 1 aliphatic heterocycles. The number of halogens is 1. The molecular weight excluding hydrogens is 262 g/mol. The zero-order valence-electron chi connectivity index (χ0n) is 10.8. The summed E-state index contributed by atoms with van der Waals surface area (Å²) in [5.74, 6) is 1.71. The minimum atomic E-state index is -0.00130. The zero-order chi connectivity index (χ0) is 13.2. The van der Waals surface area contributed by atoms with Gasteiger partial charge in [-0.3, -0.25) is 4.90 Å². The summed E-state index contributed by atoms with van der Waals surface area (Å²) in [5.41, 5.74) is 1.13. The van der Waals surface area contributed by atoms with Crippen molar-refractivity contribution in [1.29, 1.82) is 0 Å². The van der Waals surface area contributed by atoms with Crippen LogP contribution in [-0.2, 0) is 6.54 Å². The smallest absolute Gasteiger partial charge is 0.138 e. The van der Waals surface area contributed by atoms with Crippen LogP contribution in [0.2, 0.25) is 5.02 Å². The third kappa shape index (κ3) is 2.62. The molecule has 0 aliphatic carbocycles. The number of benzene rings is 1. The summed E-state index contributed by atoms with van der Waals surface area (Å²) in [6.07, 6.45) is 2.65. The van der Waals surface area contributed by atoms with Crippen molar-refractivity contribution in [2.24, 2.45) is 0 Å². The van der Waals surface area contributed by atoms with Crippen LogP contribution < -0.4 is 4.74 Å². The van der Waals surface area contributed by atoms with Gasteiger partial charge in [0.25, 0.3) is 0 Å². The van der Waals surface area contributed by atoms with Gasteiger partial charge in [0.1, 0.15) is 17.6 Å². The van der Waals surface area contributed by atoms with Crippen molar-refractivity contribution in [3.63, 3.8) is 0 Å². The molecule has 4 heteroatoms. The molecule has 100 valence electrons. The van der Waals surface area contributed by atoms with Crippen molar-refractivity contribution in [3.05, 3.63) is 52.9 Å². The van der Waals surface area contributed by atoms with Crippen molar-refractivity contribution in [2.45, 2.75) is 19.1 Å². The lowest BCUT2D eigenvalue weighted by Crippen LogP contribution is -2.18. The van der Waals surface area contributed by atoms with E-state index in [1.54, 1.807) is 6.26 Å². The third-order valence-electron chi connectivity index (χ3n) is 3.42. The van der Waals surface area contributed by atoms with Gasteiger partial charge in [-0.25, -0.2) is 0 Å². The maximum absolute atomic E-state index is 6.16. The van der Waals surface area contributed by atoms with Crippen molar-refractivity contribution < 1.29 is 9.15 Å². The summed E-state index contributed by atoms with van der Waals surface area (Å²) in [5, 5.41) is 0.644. The van der Waals surface area contributed by atoms with Crippen molar-refractivity contribution in [2.75, 3.05) is 13.6 Å². The van der Waals surface area contributed by atoms with Gasteiger partial charge in [-0.2, -0.15) is 0 Å². The predicted octanol–water partition coefficient (Wildman–Crippen LogP) is 3.89. The van der Waals surface area contributed by atoms with Crippen LogP contribution in [0.25, 0.3) is 0 Å². The number of rotatable bonds is 2. The number of fused-ring (bicyclic) bond motifs is 1. The molecule has 0 bridgehead atoms. The molecular formula is C15H16ClNO2. The van der Waals surface area contributed by atoms with Crippen molar-refractivity contribution >= 4 is 11.6 Å². The molecule has 0 spiro atoms. The van der Waals surface area contributed by atoms with E-state index >= 15 is 0 Å². The zero-order valence-corrected chi connectivity index (χ0v) is 11.6. The molecule has 1 unspecified atom stereocenters. The van der Waals surface area contributed by atoms with Crippen LogP contribution in [0.1, 0.15) is 23.8 Å². The molecule has 1 aromatic carbocycles. The van der Waals surface area contributed by atoms with E-state index in [1.807, 2.05) is 30.3 Å². The minimum Gasteiger partial charge on any atom is -0.484 e. The Bertz CT molecular complexity index is 567. The largest absolute Gasteiger partial charge is 0.484 e. The number of nitrogens with zero attached hydrogens (tertiary/aromatic N) is 1. The van der Waals surface area contributed by atoms with Crippen LogP contribution in [0.15, 0.2) is 41.0 Å².